The zero-order valence-corrected chi connectivity index (χ0v) is 14.4. The first kappa shape index (κ1) is 17.0. The molecular weight excluding hydrogens is 324 g/mol. The van der Waals surface area contributed by atoms with Crippen LogP contribution in [0.5, 0.6) is 5.75 Å². The summed E-state index contributed by atoms with van der Waals surface area (Å²) in [5.41, 5.74) is 1.76. The third-order valence-electron chi connectivity index (χ3n) is 4.19. The Balaban J connectivity index is 1.71. The topological polar surface area (TPSA) is 52.6 Å². The second-order valence-corrected chi connectivity index (χ2v) is 8.31. The van der Waals surface area contributed by atoms with E-state index in [1.54, 1.807) is 0 Å². The fourth-order valence-corrected chi connectivity index (χ4v) is 4.57. The normalized spacial score (nSPS) is 18.2. The first-order valence-corrected chi connectivity index (χ1v) is 9.90. The number of rotatable bonds is 6. The van der Waals surface area contributed by atoms with Gasteiger partial charge in [-0.1, -0.05) is 48.5 Å². The van der Waals surface area contributed by atoms with Gasteiger partial charge in [-0.25, -0.2) is 8.42 Å². The Labute approximate surface area is 143 Å². The first-order valence-electron chi connectivity index (χ1n) is 8.19. The highest BCUT2D eigenvalue weighted by atomic mass is 32.2. The third-order valence-corrected chi connectivity index (χ3v) is 6.29. The molecule has 0 aromatic heterocycles. The van der Waals surface area contributed by atoms with Crippen molar-refractivity contribution in [3.63, 3.8) is 0 Å². The van der Waals surface area contributed by atoms with Crippen molar-refractivity contribution in [3.05, 3.63) is 65.7 Å². The van der Waals surface area contributed by atoms with Crippen LogP contribution in [0.25, 0.3) is 0 Å². The first-order chi connectivity index (χ1) is 11.6. The molecule has 0 spiro atoms. The average Bonchev–Trinajstić information content (AvgIpc) is 2.62. The molecule has 128 valence electrons. The van der Waals surface area contributed by atoms with Gasteiger partial charge in [0, 0.05) is 12.2 Å². The molecule has 3 rings (SSSR count). The van der Waals surface area contributed by atoms with Crippen LogP contribution in [-0.4, -0.2) is 26.9 Å². The van der Waals surface area contributed by atoms with Gasteiger partial charge in [0.05, 0.1) is 17.6 Å². The Morgan fingerprint density at radius 3 is 2.54 bits per heavy atom. The lowest BCUT2D eigenvalue weighted by molar-refractivity contribution is 0.0990. The van der Waals surface area contributed by atoms with Gasteiger partial charge in [0.1, 0.15) is 12.4 Å². The SMILES string of the molecule is O=S(=O)(Cc1ccccc1OCc1ccccc1)C1CCCOC1. The van der Waals surface area contributed by atoms with Crippen molar-refractivity contribution in [1.29, 1.82) is 0 Å². The maximum Gasteiger partial charge on any atom is 0.159 e. The van der Waals surface area contributed by atoms with Crippen molar-refractivity contribution in [2.75, 3.05) is 13.2 Å². The summed E-state index contributed by atoms with van der Waals surface area (Å²) in [6, 6.07) is 17.2. The predicted molar refractivity (Wildman–Crippen MR) is 93.7 cm³/mol. The van der Waals surface area contributed by atoms with E-state index in [9.17, 15) is 8.42 Å². The van der Waals surface area contributed by atoms with Crippen molar-refractivity contribution in [2.45, 2.75) is 30.5 Å². The molecule has 1 aliphatic heterocycles. The second kappa shape index (κ2) is 7.81. The molecule has 1 heterocycles. The van der Waals surface area contributed by atoms with E-state index in [1.807, 2.05) is 54.6 Å². The van der Waals surface area contributed by atoms with Crippen molar-refractivity contribution in [3.8, 4) is 5.75 Å². The summed E-state index contributed by atoms with van der Waals surface area (Å²) in [6.07, 6.45) is 1.48. The van der Waals surface area contributed by atoms with Crippen LogP contribution < -0.4 is 4.74 Å². The van der Waals surface area contributed by atoms with E-state index in [2.05, 4.69) is 0 Å². The molecule has 1 fully saturated rings. The minimum Gasteiger partial charge on any atom is -0.489 e. The summed E-state index contributed by atoms with van der Waals surface area (Å²) < 4.78 is 36.5. The quantitative estimate of drug-likeness (QED) is 0.805. The van der Waals surface area contributed by atoms with Crippen LogP contribution in [0.2, 0.25) is 0 Å². The zero-order chi connectivity index (χ0) is 16.8. The molecule has 2 aromatic carbocycles. The lowest BCUT2D eigenvalue weighted by atomic mass is 10.2. The number of ether oxygens (including phenoxy) is 2. The summed E-state index contributed by atoms with van der Waals surface area (Å²) in [5, 5.41) is -0.409. The highest BCUT2D eigenvalue weighted by Crippen LogP contribution is 2.25. The summed E-state index contributed by atoms with van der Waals surface area (Å²) in [5.74, 6) is 0.619. The van der Waals surface area contributed by atoms with E-state index in [4.69, 9.17) is 9.47 Å². The van der Waals surface area contributed by atoms with Crippen molar-refractivity contribution >= 4 is 9.84 Å². The van der Waals surface area contributed by atoms with Crippen LogP contribution in [-0.2, 0) is 26.9 Å². The van der Waals surface area contributed by atoms with Crippen molar-refractivity contribution in [2.24, 2.45) is 0 Å². The van der Waals surface area contributed by atoms with E-state index in [-0.39, 0.29) is 5.75 Å². The standard InChI is InChI=1S/C19H22O4S/c20-24(21,18-10-6-12-22-14-18)15-17-9-4-5-11-19(17)23-13-16-7-2-1-3-8-16/h1-5,7-9,11,18H,6,10,12-15H2. The zero-order valence-electron chi connectivity index (χ0n) is 13.6. The van der Waals surface area contributed by atoms with Gasteiger partial charge in [0.2, 0.25) is 0 Å². The van der Waals surface area contributed by atoms with Gasteiger partial charge in [0.15, 0.2) is 9.84 Å². The summed E-state index contributed by atoms with van der Waals surface area (Å²) in [4.78, 5) is 0. The molecule has 1 atom stereocenters. The van der Waals surface area contributed by atoms with Crippen LogP contribution >= 0.6 is 0 Å². The maximum atomic E-state index is 12.6. The number of hydrogen-bond donors (Lipinski definition) is 0. The Morgan fingerprint density at radius 2 is 1.79 bits per heavy atom. The fraction of sp³-hybridized carbons (Fsp3) is 0.368. The largest absolute Gasteiger partial charge is 0.489 e. The van der Waals surface area contributed by atoms with Crippen LogP contribution in [0, 0.1) is 0 Å². The van der Waals surface area contributed by atoms with Crippen LogP contribution in [0.1, 0.15) is 24.0 Å². The molecule has 1 unspecified atom stereocenters. The Hall–Kier alpha value is -1.85. The lowest BCUT2D eigenvalue weighted by Crippen LogP contribution is -2.31. The summed E-state index contributed by atoms with van der Waals surface area (Å²) in [7, 11) is -3.25. The summed E-state index contributed by atoms with van der Waals surface area (Å²) >= 11 is 0. The number of para-hydroxylation sites is 1. The minimum atomic E-state index is -3.25. The monoisotopic (exact) mass is 346 g/mol. The second-order valence-electron chi connectivity index (χ2n) is 6.03. The lowest BCUT2D eigenvalue weighted by Gasteiger charge is -2.22. The molecule has 1 saturated heterocycles. The van der Waals surface area contributed by atoms with Crippen molar-refractivity contribution < 1.29 is 17.9 Å². The van der Waals surface area contributed by atoms with Gasteiger partial charge in [-0.2, -0.15) is 0 Å². The van der Waals surface area contributed by atoms with Gasteiger partial charge in [-0.05, 0) is 24.5 Å². The highest BCUT2D eigenvalue weighted by molar-refractivity contribution is 7.91. The van der Waals surface area contributed by atoms with Gasteiger partial charge < -0.3 is 9.47 Å². The minimum absolute atomic E-state index is 0.00795. The Morgan fingerprint density at radius 1 is 1.04 bits per heavy atom. The summed E-state index contributed by atoms with van der Waals surface area (Å²) in [6.45, 7) is 1.38. The molecule has 0 amide bonds. The Bertz CT molecular complexity index is 750. The Kier molecular flexibility index (Phi) is 5.53. The van der Waals surface area contributed by atoms with Crippen LogP contribution in [0.15, 0.2) is 54.6 Å². The molecule has 0 radical (unpaired) electrons. The predicted octanol–water partition coefficient (Wildman–Crippen LogP) is 3.36. The van der Waals surface area contributed by atoms with Gasteiger partial charge in [0.25, 0.3) is 0 Å². The van der Waals surface area contributed by atoms with E-state index in [1.165, 1.54) is 0 Å². The molecule has 0 saturated carbocycles. The number of hydrogen-bond acceptors (Lipinski definition) is 4. The molecule has 1 aliphatic rings. The van der Waals surface area contributed by atoms with Gasteiger partial charge in [-0.15, -0.1) is 0 Å². The molecule has 0 aliphatic carbocycles. The number of benzene rings is 2. The van der Waals surface area contributed by atoms with E-state index in [0.717, 1.165) is 12.0 Å². The van der Waals surface area contributed by atoms with Crippen LogP contribution in [0.4, 0.5) is 0 Å². The average molecular weight is 346 g/mol. The van der Waals surface area contributed by atoms with E-state index < -0.39 is 15.1 Å². The maximum absolute atomic E-state index is 12.6. The molecule has 5 heteroatoms. The van der Waals surface area contributed by atoms with Crippen molar-refractivity contribution in [1.82, 2.24) is 0 Å². The van der Waals surface area contributed by atoms with Gasteiger partial charge in [-0.3, -0.25) is 0 Å². The van der Waals surface area contributed by atoms with Gasteiger partial charge >= 0.3 is 0 Å². The highest BCUT2D eigenvalue weighted by Gasteiger charge is 2.28. The smallest absolute Gasteiger partial charge is 0.159 e. The number of sulfone groups is 1. The van der Waals surface area contributed by atoms with E-state index >= 15 is 0 Å². The molecule has 0 N–H and O–H groups in total. The fourth-order valence-electron chi connectivity index (χ4n) is 2.83. The molecule has 2 aromatic rings. The van der Waals surface area contributed by atoms with E-state index in [0.29, 0.717) is 37.6 Å². The molecular formula is C19H22O4S. The molecule has 0 bridgehead atoms. The molecule has 4 nitrogen and oxygen atoms in total. The third kappa shape index (κ3) is 4.36. The van der Waals surface area contributed by atoms with Crippen LogP contribution in [0.3, 0.4) is 0 Å². The molecule has 24 heavy (non-hydrogen) atoms.